The van der Waals surface area contributed by atoms with E-state index in [9.17, 15) is 9.59 Å². The molecule has 0 aromatic heterocycles. The SMILES string of the molecule is CNC(=O)Cc1ccc(NC(=S)NC(=O)c2ccc(Br)cc2)cc1. The van der Waals surface area contributed by atoms with Crippen LogP contribution in [0.2, 0.25) is 0 Å². The molecule has 0 saturated heterocycles. The Balaban J connectivity index is 1.91. The zero-order valence-corrected chi connectivity index (χ0v) is 15.3. The molecule has 0 aliphatic carbocycles. The third-order valence-corrected chi connectivity index (χ3v) is 3.92. The van der Waals surface area contributed by atoms with E-state index in [-0.39, 0.29) is 16.9 Å². The quantitative estimate of drug-likeness (QED) is 0.683. The van der Waals surface area contributed by atoms with Gasteiger partial charge in [-0.2, -0.15) is 0 Å². The van der Waals surface area contributed by atoms with Crippen molar-refractivity contribution in [2.24, 2.45) is 0 Å². The Kier molecular flexibility index (Phi) is 6.45. The number of carbonyl (C=O) groups is 2. The van der Waals surface area contributed by atoms with E-state index in [4.69, 9.17) is 12.2 Å². The number of rotatable bonds is 4. The van der Waals surface area contributed by atoms with Gasteiger partial charge in [0.2, 0.25) is 5.91 Å². The van der Waals surface area contributed by atoms with Crippen LogP contribution >= 0.6 is 28.1 Å². The number of hydrogen-bond acceptors (Lipinski definition) is 3. The fourth-order valence-corrected chi connectivity index (χ4v) is 2.39. The molecule has 2 aromatic rings. The lowest BCUT2D eigenvalue weighted by Crippen LogP contribution is -2.34. The van der Waals surface area contributed by atoms with Crippen LogP contribution in [-0.4, -0.2) is 24.0 Å². The van der Waals surface area contributed by atoms with E-state index < -0.39 is 0 Å². The van der Waals surface area contributed by atoms with Gasteiger partial charge in [-0.15, -0.1) is 0 Å². The molecule has 7 heteroatoms. The first-order valence-corrected chi connectivity index (χ1v) is 8.35. The van der Waals surface area contributed by atoms with E-state index >= 15 is 0 Å². The maximum Gasteiger partial charge on any atom is 0.257 e. The van der Waals surface area contributed by atoms with E-state index in [1.54, 1.807) is 43.4 Å². The maximum absolute atomic E-state index is 12.1. The van der Waals surface area contributed by atoms with E-state index in [1.165, 1.54) is 0 Å². The molecular weight excluding hydrogens is 390 g/mol. The number of thiocarbonyl (C=S) groups is 1. The second-order valence-corrected chi connectivity index (χ2v) is 6.29. The normalized spacial score (nSPS) is 9.92. The summed E-state index contributed by atoms with van der Waals surface area (Å²) < 4.78 is 0.900. The van der Waals surface area contributed by atoms with Gasteiger partial charge in [-0.3, -0.25) is 14.9 Å². The third-order valence-electron chi connectivity index (χ3n) is 3.19. The van der Waals surface area contributed by atoms with Crippen LogP contribution in [0.25, 0.3) is 0 Å². The number of halogens is 1. The highest BCUT2D eigenvalue weighted by Crippen LogP contribution is 2.12. The van der Waals surface area contributed by atoms with Crippen molar-refractivity contribution in [3.63, 3.8) is 0 Å². The summed E-state index contributed by atoms with van der Waals surface area (Å²) in [4.78, 5) is 23.4. The fraction of sp³-hybridized carbons (Fsp3) is 0.118. The van der Waals surface area contributed by atoms with Crippen LogP contribution in [0.15, 0.2) is 53.0 Å². The molecule has 2 rings (SSSR count). The Morgan fingerprint density at radius 3 is 2.25 bits per heavy atom. The number of amides is 2. The van der Waals surface area contributed by atoms with Crippen molar-refractivity contribution in [2.75, 3.05) is 12.4 Å². The van der Waals surface area contributed by atoms with E-state index in [0.29, 0.717) is 12.0 Å². The summed E-state index contributed by atoms with van der Waals surface area (Å²) in [6.45, 7) is 0. The maximum atomic E-state index is 12.1. The fourth-order valence-electron chi connectivity index (χ4n) is 1.92. The topological polar surface area (TPSA) is 70.2 Å². The summed E-state index contributed by atoms with van der Waals surface area (Å²) >= 11 is 8.46. The van der Waals surface area contributed by atoms with Crippen LogP contribution in [0.3, 0.4) is 0 Å². The molecule has 0 bridgehead atoms. The number of likely N-dealkylation sites (N-methyl/N-ethyl adjacent to an activating group) is 1. The first-order valence-electron chi connectivity index (χ1n) is 7.15. The standard InChI is InChI=1S/C17H16BrN3O2S/c1-19-15(22)10-11-2-8-14(9-3-11)20-17(24)21-16(23)12-4-6-13(18)7-5-12/h2-9H,10H2,1H3,(H,19,22)(H2,20,21,23,24). The van der Waals surface area contributed by atoms with Crippen molar-refractivity contribution < 1.29 is 9.59 Å². The van der Waals surface area contributed by atoms with Crippen LogP contribution < -0.4 is 16.0 Å². The highest BCUT2D eigenvalue weighted by molar-refractivity contribution is 9.10. The molecule has 0 saturated carbocycles. The number of nitrogens with one attached hydrogen (secondary N) is 3. The van der Waals surface area contributed by atoms with Gasteiger partial charge in [0.15, 0.2) is 5.11 Å². The van der Waals surface area contributed by atoms with Crippen LogP contribution in [0, 0.1) is 0 Å². The van der Waals surface area contributed by atoms with Gasteiger partial charge in [-0.05, 0) is 54.2 Å². The highest BCUT2D eigenvalue weighted by atomic mass is 79.9. The van der Waals surface area contributed by atoms with Crippen molar-refractivity contribution >= 4 is 50.8 Å². The summed E-state index contributed by atoms with van der Waals surface area (Å²) in [5, 5.41) is 8.35. The Morgan fingerprint density at radius 1 is 1.04 bits per heavy atom. The second-order valence-electron chi connectivity index (χ2n) is 4.96. The minimum Gasteiger partial charge on any atom is -0.359 e. The Hall–Kier alpha value is -2.25. The predicted molar refractivity (Wildman–Crippen MR) is 102 cm³/mol. The molecule has 0 unspecified atom stereocenters. The van der Waals surface area contributed by atoms with Crippen LogP contribution in [0.5, 0.6) is 0 Å². The van der Waals surface area contributed by atoms with Crippen LogP contribution in [0.4, 0.5) is 5.69 Å². The third kappa shape index (κ3) is 5.43. The first kappa shape index (κ1) is 18.1. The largest absolute Gasteiger partial charge is 0.359 e. The molecule has 2 aromatic carbocycles. The van der Waals surface area contributed by atoms with Gasteiger partial charge in [0, 0.05) is 22.8 Å². The Bertz CT molecular complexity index is 745. The van der Waals surface area contributed by atoms with Crippen molar-refractivity contribution in [1.82, 2.24) is 10.6 Å². The minimum absolute atomic E-state index is 0.0482. The molecule has 0 aliphatic heterocycles. The summed E-state index contributed by atoms with van der Waals surface area (Å²) in [7, 11) is 1.60. The van der Waals surface area contributed by atoms with Crippen molar-refractivity contribution in [3.05, 3.63) is 64.1 Å². The van der Waals surface area contributed by atoms with E-state index in [0.717, 1.165) is 15.7 Å². The molecule has 0 radical (unpaired) electrons. The highest BCUT2D eigenvalue weighted by Gasteiger charge is 2.08. The van der Waals surface area contributed by atoms with Gasteiger partial charge in [0.1, 0.15) is 0 Å². The van der Waals surface area contributed by atoms with E-state index in [2.05, 4.69) is 31.9 Å². The summed E-state index contributed by atoms with van der Waals surface area (Å²) in [5.41, 5.74) is 2.14. The molecule has 0 atom stereocenters. The number of anilines is 1. The molecule has 3 N–H and O–H groups in total. The lowest BCUT2D eigenvalue weighted by atomic mass is 10.1. The smallest absolute Gasteiger partial charge is 0.257 e. The van der Waals surface area contributed by atoms with E-state index in [1.807, 2.05) is 12.1 Å². The van der Waals surface area contributed by atoms with Crippen LogP contribution in [-0.2, 0) is 11.2 Å². The summed E-state index contributed by atoms with van der Waals surface area (Å²) in [6.07, 6.45) is 0.321. The lowest BCUT2D eigenvalue weighted by molar-refractivity contribution is -0.119. The summed E-state index contributed by atoms with van der Waals surface area (Å²) in [5.74, 6) is -0.329. The molecule has 24 heavy (non-hydrogen) atoms. The second kappa shape index (κ2) is 8.56. The van der Waals surface area contributed by atoms with Gasteiger partial charge in [0.25, 0.3) is 5.91 Å². The van der Waals surface area contributed by atoms with Gasteiger partial charge in [0.05, 0.1) is 6.42 Å². The molecule has 5 nitrogen and oxygen atoms in total. The molecule has 0 heterocycles. The summed E-state index contributed by atoms with van der Waals surface area (Å²) in [6, 6.07) is 14.2. The molecule has 0 fully saturated rings. The number of carbonyl (C=O) groups excluding carboxylic acids is 2. The van der Waals surface area contributed by atoms with Gasteiger partial charge in [-0.1, -0.05) is 28.1 Å². The number of hydrogen-bond donors (Lipinski definition) is 3. The zero-order chi connectivity index (χ0) is 17.5. The monoisotopic (exact) mass is 405 g/mol. The Morgan fingerprint density at radius 2 is 1.67 bits per heavy atom. The van der Waals surface area contributed by atoms with Crippen molar-refractivity contribution in [2.45, 2.75) is 6.42 Å². The molecular formula is C17H16BrN3O2S. The lowest BCUT2D eigenvalue weighted by Gasteiger charge is -2.10. The van der Waals surface area contributed by atoms with Gasteiger partial charge < -0.3 is 10.6 Å². The molecule has 2 amide bonds. The minimum atomic E-state index is -0.281. The first-order chi connectivity index (χ1) is 11.5. The molecule has 124 valence electrons. The predicted octanol–water partition coefficient (Wildman–Crippen LogP) is 2.86. The average molecular weight is 406 g/mol. The van der Waals surface area contributed by atoms with Crippen molar-refractivity contribution in [1.29, 1.82) is 0 Å². The number of benzene rings is 2. The zero-order valence-electron chi connectivity index (χ0n) is 12.9. The molecule has 0 spiro atoms. The van der Waals surface area contributed by atoms with Crippen molar-refractivity contribution in [3.8, 4) is 0 Å². The van der Waals surface area contributed by atoms with Gasteiger partial charge in [-0.25, -0.2) is 0 Å². The average Bonchev–Trinajstić information content (AvgIpc) is 2.57. The van der Waals surface area contributed by atoms with Crippen LogP contribution in [0.1, 0.15) is 15.9 Å². The molecule has 0 aliphatic rings. The Labute approximate surface area is 154 Å². The van der Waals surface area contributed by atoms with Gasteiger partial charge >= 0.3 is 0 Å².